The Bertz CT molecular complexity index is 519. The third-order valence-corrected chi connectivity index (χ3v) is 3.98. The van der Waals surface area contributed by atoms with Crippen LogP contribution in [-0.4, -0.2) is 32.4 Å². The molecule has 0 aliphatic rings. The van der Waals surface area contributed by atoms with Gasteiger partial charge in [-0.2, -0.15) is 0 Å². The largest absolute Gasteiger partial charge is 0.496 e. The average Bonchev–Trinajstić information content (AvgIpc) is 2.28. The molecule has 0 aliphatic carbocycles. The number of ether oxygens (including phenoxy) is 1. The molecule has 0 saturated carbocycles. The maximum Gasteiger partial charge on any atom is 0.339 e. The molecule has 0 heterocycles. The Morgan fingerprint density at radius 2 is 2.06 bits per heavy atom. The summed E-state index contributed by atoms with van der Waals surface area (Å²) in [7, 11) is -1.79. The number of carbonyl (C=O) groups is 1. The fourth-order valence-electron chi connectivity index (χ4n) is 1.36. The average molecular weight is 258 g/mol. The van der Waals surface area contributed by atoms with E-state index in [1.54, 1.807) is 6.92 Å². The van der Waals surface area contributed by atoms with Crippen LogP contribution in [0.2, 0.25) is 0 Å². The lowest BCUT2D eigenvalue weighted by Gasteiger charge is -2.07. The van der Waals surface area contributed by atoms with Gasteiger partial charge in [0.1, 0.15) is 11.3 Å². The number of hydrogen-bond acceptors (Lipinski definition) is 4. The second-order valence-electron chi connectivity index (χ2n) is 3.52. The first-order valence-corrected chi connectivity index (χ1v) is 6.82. The van der Waals surface area contributed by atoms with Crippen LogP contribution in [0.15, 0.2) is 18.2 Å². The van der Waals surface area contributed by atoms with E-state index < -0.39 is 15.8 Å². The van der Waals surface area contributed by atoms with E-state index >= 15 is 0 Å². The van der Waals surface area contributed by atoms with Gasteiger partial charge in [-0.1, -0.05) is 13.0 Å². The molecule has 0 saturated heterocycles. The van der Waals surface area contributed by atoms with Crippen molar-refractivity contribution in [3.8, 4) is 5.75 Å². The molecule has 1 aromatic carbocycles. The minimum Gasteiger partial charge on any atom is -0.496 e. The van der Waals surface area contributed by atoms with Gasteiger partial charge in [-0.3, -0.25) is 0 Å². The summed E-state index contributed by atoms with van der Waals surface area (Å²) in [6.45, 7) is 1.57. The number of carboxylic acids is 1. The Morgan fingerprint density at radius 1 is 1.41 bits per heavy atom. The number of rotatable bonds is 5. The molecule has 1 rings (SSSR count). The van der Waals surface area contributed by atoms with E-state index in [4.69, 9.17) is 9.84 Å². The zero-order valence-corrected chi connectivity index (χ0v) is 10.5. The first kappa shape index (κ1) is 13.5. The number of carboxylic acid groups (broad SMARTS) is 1. The van der Waals surface area contributed by atoms with Gasteiger partial charge in [0.15, 0.2) is 9.84 Å². The Labute approximate surface area is 100.0 Å². The van der Waals surface area contributed by atoms with Crippen molar-refractivity contribution in [3.63, 3.8) is 0 Å². The van der Waals surface area contributed by atoms with E-state index in [-0.39, 0.29) is 22.8 Å². The smallest absolute Gasteiger partial charge is 0.339 e. The summed E-state index contributed by atoms with van der Waals surface area (Å²) in [6.07, 6.45) is 0. The van der Waals surface area contributed by atoms with Crippen LogP contribution in [0.1, 0.15) is 22.8 Å². The zero-order chi connectivity index (χ0) is 13.1. The summed E-state index contributed by atoms with van der Waals surface area (Å²) in [5.74, 6) is -0.997. The van der Waals surface area contributed by atoms with Gasteiger partial charge in [0.2, 0.25) is 0 Å². The molecule has 0 aliphatic heterocycles. The molecule has 5 nitrogen and oxygen atoms in total. The first-order chi connectivity index (χ1) is 7.89. The van der Waals surface area contributed by atoms with Crippen molar-refractivity contribution in [1.82, 2.24) is 0 Å². The molecule has 0 fully saturated rings. The van der Waals surface area contributed by atoms with E-state index in [0.717, 1.165) is 0 Å². The summed E-state index contributed by atoms with van der Waals surface area (Å²) in [5.41, 5.74) is 0.541. The summed E-state index contributed by atoms with van der Waals surface area (Å²) in [6, 6.07) is 4.28. The van der Waals surface area contributed by atoms with Crippen molar-refractivity contribution in [1.29, 1.82) is 0 Å². The van der Waals surface area contributed by atoms with Gasteiger partial charge in [0.05, 0.1) is 12.9 Å². The van der Waals surface area contributed by atoms with Crippen molar-refractivity contribution in [2.24, 2.45) is 0 Å². The molecule has 0 aromatic heterocycles. The minimum absolute atomic E-state index is 0.0187. The lowest BCUT2D eigenvalue weighted by molar-refractivity contribution is 0.0693. The van der Waals surface area contributed by atoms with Crippen LogP contribution >= 0.6 is 0 Å². The topological polar surface area (TPSA) is 80.7 Å². The highest BCUT2D eigenvalue weighted by Crippen LogP contribution is 2.21. The van der Waals surface area contributed by atoms with Crippen LogP contribution in [0.4, 0.5) is 0 Å². The van der Waals surface area contributed by atoms with Crippen molar-refractivity contribution >= 4 is 15.8 Å². The molecule has 0 atom stereocenters. The van der Waals surface area contributed by atoms with Crippen LogP contribution in [0.3, 0.4) is 0 Å². The number of benzene rings is 1. The van der Waals surface area contributed by atoms with E-state index in [0.29, 0.717) is 5.56 Å². The molecule has 0 amide bonds. The monoisotopic (exact) mass is 258 g/mol. The maximum atomic E-state index is 11.4. The van der Waals surface area contributed by atoms with Gasteiger partial charge in [-0.05, 0) is 17.7 Å². The molecular formula is C11H14O5S. The summed E-state index contributed by atoms with van der Waals surface area (Å²) in [5, 5.41) is 8.87. The zero-order valence-electron chi connectivity index (χ0n) is 9.63. The third-order valence-electron chi connectivity index (χ3n) is 2.32. The highest BCUT2D eigenvalue weighted by Gasteiger charge is 2.14. The van der Waals surface area contributed by atoms with Crippen molar-refractivity contribution < 1.29 is 23.1 Å². The minimum atomic E-state index is -3.13. The normalized spacial score (nSPS) is 11.2. The van der Waals surface area contributed by atoms with E-state index in [2.05, 4.69) is 0 Å². The SMILES string of the molecule is CCS(=O)(=O)Cc1ccc(C(=O)O)c(OC)c1. The lowest BCUT2D eigenvalue weighted by atomic mass is 10.1. The van der Waals surface area contributed by atoms with Gasteiger partial charge in [0.25, 0.3) is 0 Å². The quantitative estimate of drug-likeness (QED) is 0.861. The Hall–Kier alpha value is -1.56. The molecule has 1 aromatic rings. The van der Waals surface area contributed by atoms with E-state index in [9.17, 15) is 13.2 Å². The molecule has 94 valence electrons. The Kier molecular flexibility index (Phi) is 4.11. The molecule has 0 bridgehead atoms. The van der Waals surface area contributed by atoms with Gasteiger partial charge < -0.3 is 9.84 Å². The Balaban J connectivity index is 3.10. The predicted molar refractivity (Wildman–Crippen MR) is 63.1 cm³/mol. The summed E-state index contributed by atoms with van der Waals surface area (Å²) < 4.78 is 27.8. The van der Waals surface area contributed by atoms with Crippen LogP contribution in [0, 0.1) is 0 Å². The standard InChI is InChI=1S/C11H14O5S/c1-3-17(14,15)7-8-4-5-9(11(12)13)10(6-8)16-2/h4-6H,3,7H2,1-2H3,(H,12,13). The second-order valence-corrected chi connectivity index (χ2v) is 5.87. The molecule has 0 radical (unpaired) electrons. The molecule has 17 heavy (non-hydrogen) atoms. The van der Waals surface area contributed by atoms with Crippen LogP contribution in [-0.2, 0) is 15.6 Å². The van der Waals surface area contributed by atoms with Gasteiger partial charge in [0, 0.05) is 5.75 Å². The number of aromatic carboxylic acids is 1. The fraction of sp³-hybridized carbons (Fsp3) is 0.364. The maximum absolute atomic E-state index is 11.4. The van der Waals surface area contributed by atoms with Crippen molar-refractivity contribution in [2.75, 3.05) is 12.9 Å². The fourth-order valence-corrected chi connectivity index (χ4v) is 2.25. The third kappa shape index (κ3) is 3.45. The number of methoxy groups -OCH3 is 1. The summed E-state index contributed by atoms with van der Waals surface area (Å²) >= 11 is 0. The predicted octanol–water partition coefficient (Wildman–Crippen LogP) is 1.33. The van der Waals surface area contributed by atoms with Crippen molar-refractivity contribution in [2.45, 2.75) is 12.7 Å². The summed E-state index contributed by atoms with van der Waals surface area (Å²) in [4.78, 5) is 10.8. The van der Waals surface area contributed by atoms with E-state index in [1.807, 2.05) is 0 Å². The molecule has 0 unspecified atom stereocenters. The van der Waals surface area contributed by atoms with E-state index in [1.165, 1.54) is 25.3 Å². The van der Waals surface area contributed by atoms with Gasteiger partial charge in [-0.15, -0.1) is 0 Å². The van der Waals surface area contributed by atoms with Crippen LogP contribution in [0.5, 0.6) is 5.75 Å². The van der Waals surface area contributed by atoms with Crippen LogP contribution < -0.4 is 4.74 Å². The second kappa shape index (κ2) is 5.18. The number of sulfone groups is 1. The molecule has 1 N–H and O–H groups in total. The van der Waals surface area contributed by atoms with Gasteiger partial charge >= 0.3 is 5.97 Å². The molecule has 6 heteroatoms. The highest BCUT2D eigenvalue weighted by molar-refractivity contribution is 7.90. The molecule has 0 spiro atoms. The highest BCUT2D eigenvalue weighted by atomic mass is 32.2. The van der Waals surface area contributed by atoms with Gasteiger partial charge in [-0.25, -0.2) is 13.2 Å². The lowest BCUT2D eigenvalue weighted by Crippen LogP contribution is -2.08. The van der Waals surface area contributed by atoms with Crippen molar-refractivity contribution in [3.05, 3.63) is 29.3 Å². The first-order valence-electron chi connectivity index (χ1n) is 5.00. The number of hydrogen-bond donors (Lipinski definition) is 1. The Morgan fingerprint density at radius 3 is 2.53 bits per heavy atom. The van der Waals surface area contributed by atoms with Crippen LogP contribution in [0.25, 0.3) is 0 Å². The molecular weight excluding hydrogens is 244 g/mol.